The van der Waals surface area contributed by atoms with Gasteiger partial charge in [0, 0.05) is 24.1 Å². The molecule has 3 nitrogen and oxygen atoms in total. The van der Waals surface area contributed by atoms with Gasteiger partial charge in [-0.15, -0.1) is 0 Å². The maximum Gasteiger partial charge on any atom is 0.251 e. The van der Waals surface area contributed by atoms with E-state index in [2.05, 4.69) is 21.2 Å². The second-order valence-electron chi connectivity index (χ2n) is 4.51. The largest absolute Gasteiger partial charge is 0.381 e. The van der Waals surface area contributed by atoms with Crippen LogP contribution in [-0.4, -0.2) is 25.2 Å². The van der Waals surface area contributed by atoms with Crippen molar-refractivity contribution in [3.8, 4) is 0 Å². The average Bonchev–Trinajstić information content (AvgIpc) is 2.86. The van der Waals surface area contributed by atoms with Crippen molar-refractivity contribution in [2.24, 2.45) is 5.92 Å². The molecule has 1 N–H and O–H groups in total. The fourth-order valence-corrected chi connectivity index (χ4v) is 2.37. The van der Waals surface area contributed by atoms with E-state index >= 15 is 0 Å². The lowest BCUT2D eigenvalue weighted by Gasteiger charge is -2.19. The molecular formula is C13H15BrFNO2. The van der Waals surface area contributed by atoms with Crippen molar-refractivity contribution in [3.63, 3.8) is 0 Å². The highest BCUT2D eigenvalue weighted by Crippen LogP contribution is 2.19. The van der Waals surface area contributed by atoms with Gasteiger partial charge < -0.3 is 10.1 Å². The first kappa shape index (κ1) is 13.5. The molecule has 1 fully saturated rings. The summed E-state index contributed by atoms with van der Waals surface area (Å²) < 4.78 is 18.7. The van der Waals surface area contributed by atoms with E-state index in [1.165, 1.54) is 18.2 Å². The smallest absolute Gasteiger partial charge is 0.251 e. The van der Waals surface area contributed by atoms with E-state index < -0.39 is 0 Å². The fraction of sp³-hybridized carbons (Fsp3) is 0.462. The average molecular weight is 316 g/mol. The van der Waals surface area contributed by atoms with Gasteiger partial charge in [0.2, 0.25) is 0 Å². The molecule has 1 aliphatic heterocycles. The first-order valence-corrected chi connectivity index (χ1v) is 6.71. The van der Waals surface area contributed by atoms with Crippen LogP contribution in [-0.2, 0) is 4.74 Å². The van der Waals surface area contributed by atoms with E-state index in [9.17, 15) is 9.18 Å². The van der Waals surface area contributed by atoms with Crippen molar-refractivity contribution in [2.75, 3.05) is 13.2 Å². The zero-order valence-corrected chi connectivity index (χ0v) is 11.7. The Morgan fingerprint density at radius 2 is 2.39 bits per heavy atom. The number of ether oxygens (including phenoxy) is 1. The topological polar surface area (TPSA) is 38.3 Å². The van der Waals surface area contributed by atoms with Gasteiger partial charge in [-0.2, -0.15) is 0 Å². The van der Waals surface area contributed by atoms with Gasteiger partial charge in [-0.3, -0.25) is 4.79 Å². The normalized spacial score (nSPS) is 20.7. The fourth-order valence-electron chi connectivity index (χ4n) is 1.99. The Balaban J connectivity index is 2.00. The molecule has 0 aromatic heterocycles. The molecule has 1 saturated heterocycles. The summed E-state index contributed by atoms with van der Waals surface area (Å²) in [6, 6.07) is 4.31. The first-order valence-electron chi connectivity index (χ1n) is 5.91. The summed E-state index contributed by atoms with van der Waals surface area (Å²) in [5.41, 5.74) is 0.453. The molecule has 0 radical (unpaired) electrons. The molecule has 1 aliphatic rings. The van der Waals surface area contributed by atoms with Gasteiger partial charge >= 0.3 is 0 Å². The summed E-state index contributed by atoms with van der Waals surface area (Å²) in [5, 5.41) is 2.92. The van der Waals surface area contributed by atoms with Crippen molar-refractivity contribution in [3.05, 3.63) is 34.1 Å². The number of amides is 1. The summed E-state index contributed by atoms with van der Waals surface area (Å²) >= 11 is 3.07. The highest BCUT2D eigenvalue weighted by molar-refractivity contribution is 9.10. The molecule has 0 spiro atoms. The van der Waals surface area contributed by atoms with Crippen molar-refractivity contribution in [1.29, 1.82) is 0 Å². The zero-order valence-electron chi connectivity index (χ0n) is 10.1. The number of carbonyl (C=O) groups excluding carboxylic acids is 1. The predicted octanol–water partition coefficient (Wildman–Crippen LogP) is 2.74. The SMILES string of the molecule is CC(NC(=O)c1ccc(F)c(Br)c1)C1CCOC1. The highest BCUT2D eigenvalue weighted by Gasteiger charge is 2.23. The molecule has 5 heteroatoms. The molecule has 2 unspecified atom stereocenters. The van der Waals surface area contributed by atoms with Crippen LogP contribution in [0.25, 0.3) is 0 Å². The van der Waals surface area contributed by atoms with Crippen molar-refractivity contribution >= 4 is 21.8 Å². The zero-order chi connectivity index (χ0) is 13.1. The monoisotopic (exact) mass is 315 g/mol. The van der Waals surface area contributed by atoms with Crippen LogP contribution < -0.4 is 5.32 Å². The van der Waals surface area contributed by atoms with E-state index in [4.69, 9.17) is 4.74 Å². The van der Waals surface area contributed by atoms with E-state index in [-0.39, 0.29) is 17.8 Å². The number of nitrogens with one attached hydrogen (secondary N) is 1. The van der Waals surface area contributed by atoms with Crippen LogP contribution in [0.2, 0.25) is 0 Å². The summed E-state index contributed by atoms with van der Waals surface area (Å²) in [5.74, 6) is -0.197. The van der Waals surface area contributed by atoms with E-state index in [0.717, 1.165) is 13.0 Å². The maximum absolute atomic E-state index is 13.1. The third-order valence-corrected chi connectivity index (χ3v) is 3.82. The lowest BCUT2D eigenvalue weighted by molar-refractivity contribution is 0.0922. The van der Waals surface area contributed by atoms with Crippen LogP contribution in [0.3, 0.4) is 0 Å². The van der Waals surface area contributed by atoms with E-state index in [1.807, 2.05) is 6.92 Å². The molecule has 2 atom stereocenters. The second-order valence-corrected chi connectivity index (χ2v) is 5.37. The second kappa shape index (κ2) is 5.80. The molecule has 1 amide bonds. The molecule has 0 bridgehead atoms. The molecule has 0 saturated carbocycles. The molecule has 0 aliphatic carbocycles. The molecule has 18 heavy (non-hydrogen) atoms. The Morgan fingerprint density at radius 1 is 1.61 bits per heavy atom. The van der Waals surface area contributed by atoms with Crippen LogP contribution in [0.4, 0.5) is 4.39 Å². The van der Waals surface area contributed by atoms with E-state index in [1.54, 1.807) is 0 Å². The standard InChI is InChI=1S/C13H15BrFNO2/c1-8(10-4-5-18-7-10)16-13(17)9-2-3-12(15)11(14)6-9/h2-3,6,8,10H,4-5,7H2,1H3,(H,16,17). The van der Waals surface area contributed by atoms with Gasteiger partial charge in [0.1, 0.15) is 5.82 Å². The number of carbonyl (C=O) groups is 1. The van der Waals surface area contributed by atoms with E-state index in [0.29, 0.717) is 22.6 Å². The number of hydrogen-bond donors (Lipinski definition) is 1. The molecule has 1 heterocycles. The highest BCUT2D eigenvalue weighted by atomic mass is 79.9. The summed E-state index contributed by atoms with van der Waals surface area (Å²) in [4.78, 5) is 12.0. The minimum Gasteiger partial charge on any atom is -0.381 e. The third kappa shape index (κ3) is 3.09. The van der Waals surface area contributed by atoms with Gasteiger partial charge in [0.25, 0.3) is 5.91 Å². The number of halogens is 2. The predicted molar refractivity (Wildman–Crippen MR) is 70.0 cm³/mol. The first-order chi connectivity index (χ1) is 8.58. The molecule has 2 rings (SSSR count). The van der Waals surface area contributed by atoms with Gasteiger partial charge in [0.15, 0.2) is 0 Å². The molecule has 1 aromatic rings. The minimum atomic E-state index is -0.371. The molecule has 98 valence electrons. The van der Waals surface area contributed by atoms with Crippen LogP contribution in [0.1, 0.15) is 23.7 Å². The summed E-state index contributed by atoms with van der Waals surface area (Å²) in [6.07, 6.45) is 0.967. The quantitative estimate of drug-likeness (QED) is 0.931. The lowest BCUT2D eigenvalue weighted by atomic mass is 10.0. The van der Waals surface area contributed by atoms with Crippen LogP contribution in [0.5, 0.6) is 0 Å². The van der Waals surface area contributed by atoms with Crippen LogP contribution in [0.15, 0.2) is 22.7 Å². The Hall–Kier alpha value is -0.940. The molecular weight excluding hydrogens is 301 g/mol. The Morgan fingerprint density at radius 3 is 3.00 bits per heavy atom. The Bertz CT molecular complexity index is 447. The van der Waals surface area contributed by atoms with Crippen molar-refractivity contribution in [2.45, 2.75) is 19.4 Å². The summed E-state index contributed by atoms with van der Waals surface area (Å²) in [7, 11) is 0. The van der Waals surface area contributed by atoms with Crippen LogP contribution >= 0.6 is 15.9 Å². The Kier molecular flexibility index (Phi) is 4.35. The van der Waals surface area contributed by atoms with Crippen molar-refractivity contribution in [1.82, 2.24) is 5.32 Å². The van der Waals surface area contributed by atoms with Gasteiger partial charge in [0.05, 0.1) is 11.1 Å². The van der Waals surface area contributed by atoms with Gasteiger partial charge in [-0.1, -0.05) is 0 Å². The van der Waals surface area contributed by atoms with Crippen LogP contribution in [0, 0.1) is 11.7 Å². The third-order valence-electron chi connectivity index (χ3n) is 3.21. The number of benzene rings is 1. The number of hydrogen-bond acceptors (Lipinski definition) is 2. The number of rotatable bonds is 3. The lowest BCUT2D eigenvalue weighted by Crippen LogP contribution is -2.38. The Labute approximate surface area is 114 Å². The maximum atomic E-state index is 13.1. The molecule has 1 aromatic carbocycles. The van der Waals surface area contributed by atoms with Crippen molar-refractivity contribution < 1.29 is 13.9 Å². The van der Waals surface area contributed by atoms with Gasteiger partial charge in [-0.25, -0.2) is 4.39 Å². The van der Waals surface area contributed by atoms with Gasteiger partial charge in [-0.05, 0) is 47.5 Å². The summed E-state index contributed by atoms with van der Waals surface area (Å²) in [6.45, 7) is 3.41. The minimum absolute atomic E-state index is 0.0591.